The van der Waals surface area contributed by atoms with Crippen molar-refractivity contribution in [2.45, 2.75) is 12.3 Å². The highest BCUT2D eigenvalue weighted by Gasteiger charge is 2.27. The van der Waals surface area contributed by atoms with E-state index in [4.69, 9.17) is 8.83 Å². The lowest BCUT2D eigenvalue weighted by Gasteiger charge is -2.18. The third kappa shape index (κ3) is 3.95. The Morgan fingerprint density at radius 3 is 1.86 bits per heavy atom. The Kier molecular flexibility index (Phi) is 5.67. The minimum atomic E-state index is 0.141. The van der Waals surface area contributed by atoms with Crippen molar-refractivity contribution in [3.05, 3.63) is 162 Å². The van der Waals surface area contributed by atoms with E-state index in [1.54, 1.807) is 0 Å². The molecule has 0 saturated heterocycles. The fourth-order valence-electron chi connectivity index (χ4n) is 6.89. The normalized spacial score (nSPS) is 14.4. The summed E-state index contributed by atoms with van der Waals surface area (Å²) >= 11 is 0. The van der Waals surface area contributed by atoms with E-state index in [1.165, 1.54) is 27.8 Å². The quantitative estimate of drug-likeness (QED) is 0.212. The zero-order valence-corrected chi connectivity index (χ0v) is 24.0. The van der Waals surface area contributed by atoms with Crippen LogP contribution in [0.5, 0.6) is 0 Å². The lowest BCUT2D eigenvalue weighted by atomic mass is 9.85. The second kappa shape index (κ2) is 10.00. The van der Waals surface area contributed by atoms with Crippen LogP contribution in [-0.4, -0.2) is 0 Å². The number of fused-ring (bicyclic) bond motifs is 7. The molecule has 2 heteroatoms. The van der Waals surface area contributed by atoms with Crippen molar-refractivity contribution >= 4 is 39.0 Å². The molecular weight excluding hydrogens is 536 g/mol. The molecule has 0 N–H and O–H groups in total. The van der Waals surface area contributed by atoms with E-state index in [1.807, 2.05) is 0 Å². The highest BCUT2D eigenvalue weighted by atomic mass is 16.4. The first-order chi connectivity index (χ1) is 21.8. The molecule has 0 spiro atoms. The molecule has 2 aromatic heterocycles. The molecule has 1 aliphatic rings. The Morgan fingerprint density at radius 2 is 1.07 bits per heavy atom. The van der Waals surface area contributed by atoms with Gasteiger partial charge < -0.3 is 8.83 Å². The van der Waals surface area contributed by atoms with Gasteiger partial charge in [0.05, 0.1) is 0 Å². The molecule has 0 saturated carbocycles. The van der Waals surface area contributed by atoms with Gasteiger partial charge in [-0.15, -0.1) is 0 Å². The number of benzene rings is 6. The molecule has 1 atom stereocenters. The predicted octanol–water partition coefficient (Wildman–Crippen LogP) is 11.9. The fraction of sp³-hybridized carbons (Fsp3) is 0.0476. The highest BCUT2D eigenvalue weighted by Crippen LogP contribution is 2.46. The summed E-state index contributed by atoms with van der Waals surface area (Å²) in [5.41, 5.74) is 12.0. The maximum Gasteiger partial charge on any atom is 0.178 e. The molecule has 1 aliphatic carbocycles. The van der Waals surface area contributed by atoms with Crippen LogP contribution in [0.3, 0.4) is 0 Å². The van der Waals surface area contributed by atoms with Gasteiger partial charge in [0.2, 0.25) is 0 Å². The summed E-state index contributed by atoms with van der Waals surface area (Å²) in [6, 6.07) is 49.4. The van der Waals surface area contributed by atoms with Crippen molar-refractivity contribution in [1.82, 2.24) is 0 Å². The molecule has 0 radical (unpaired) electrons. The van der Waals surface area contributed by atoms with Gasteiger partial charge >= 0.3 is 0 Å². The van der Waals surface area contributed by atoms with E-state index >= 15 is 0 Å². The Balaban J connectivity index is 1.19. The van der Waals surface area contributed by atoms with E-state index in [-0.39, 0.29) is 5.92 Å². The van der Waals surface area contributed by atoms with E-state index < -0.39 is 0 Å². The van der Waals surface area contributed by atoms with Crippen LogP contribution in [-0.2, 0) is 0 Å². The van der Waals surface area contributed by atoms with Gasteiger partial charge in [-0.05, 0) is 58.0 Å². The maximum atomic E-state index is 6.82. The molecule has 2 nitrogen and oxygen atoms in total. The summed E-state index contributed by atoms with van der Waals surface area (Å²) < 4.78 is 13.6. The van der Waals surface area contributed by atoms with Crippen molar-refractivity contribution in [3.8, 4) is 33.4 Å². The van der Waals surface area contributed by atoms with Crippen molar-refractivity contribution < 1.29 is 8.83 Å². The smallest absolute Gasteiger partial charge is 0.178 e. The van der Waals surface area contributed by atoms with Gasteiger partial charge in [0.25, 0.3) is 0 Å². The second-order valence-corrected chi connectivity index (χ2v) is 11.6. The van der Waals surface area contributed by atoms with Gasteiger partial charge in [-0.25, -0.2) is 0 Å². The first-order valence-corrected chi connectivity index (χ1v) is 15.2. The van der Waals surface area contributed by atoms with Gasteiger partial charge in [0.15, 0.2) is 11.2 Å². The third-order valence-electron chi connectivity index (χ3n) is 9.04. The number of allylic oxidation sites excluding steroid dienone is 1. The Labute approximate surface area is 255 Å². The number of hydrogen-bond acceptors (Lipinski definition) is 2. The molecule has 0 aliphatic heterocycles. The molecule has 1 unspecified atom stereocenters. The van der Waals surface area contributed by atoms with E-state index in [2.05, 4.69) is 152 Å². The van der Waals surface area contributed by atoms with Gasteiger partial charge in [-0.3, -0.25) is 0 Å². The fourth-order valence-corrected chi connectivity index (χ4v) is 6.89. The molecule has 0 amide bonds. The van der Waals surface area contributed by atoms with Crippen molar-refractivity contribution in [2.24, 2.45) is 0 Å². The van der Waals surface area contributed by atoms with Crippen LogP contribution in [0.4, 0.5) is 0 Å². The second-order valence-electron chi connectivity index (χ2n) is 11.6. The van der Waals surface area contributed by atoms with Crippen LogP contribution in [0, 0.1) is 0 Å². The number of furan rings is 2. The zero-order chi connectivity index (χ0) is 29.0. The summed E-state index contributed by atoms with van der Waals surface area (Å²) in [6.07, 6.45) is 5.39. The van der Waals surface area contributed by atoms with Crippen LogP contribution in [0.15, 0.2) is 154 Å². The number of hydrogen-bond donors (Lipinski definition) is 0. The molecule has 44 heavy (non-hydrogen) atoms. The minimum absolute atomic E-state index is 0.141. The highest BCUT2D eigenvalue weighted by molar-refractivity contribution is 6.17. The van der Waals surface area contributed by atoms with Gasteiger partial charge in [-0.2, -0.15) is 0 Å². The molecule has 9 rings (SSSR count). The van der Waals surface area contributed by atoms with Crippen LogP contribution < -0.4 is 0 Å². The number of rotatable bonds is 4. The van der Waals surface area contributed by atoms with E-state index in [0.29, 0.717) is 0 Å². The number of para-hydroxylation sites is 1. The van der Waals surface area contributed by atoms with E-state index in [0.717, 1.165) is 61.8 Å². The standard InChI is InChI=1S/C42H28O2/c1-3-11-27(12-4-1)29-15-7-17-31(25-29)33-19-9-21-35-37-23-24-38-36-22-10-20-34(40(36)44-42(38)41(37)43-39(33)35)32-18-8-16-30(26-32)28-13-5-2-6-14-28/h1-19,21-26,34H,20H2. The van der Waals surface area contributed by atoms with Crippen LogP contribution in [0.2, 0.25) is 0 Å². The summed E-state index contributed by atoms with van der Waals surface area (Å²) in [5, 5.41) is 3.27. The maximum absolute atomic E-state index is 6.82. The third-order valence-corrected chi connectivity index (χ3v) is 9.04. The summed E-state index contributed by atoms with van der Waals surface area (Å²) in [6.45, 7) is 0. The van der Waals surface area contributed by atoms with Crippen molar-refractivity contribution in [1.29, 1.82) is 0 Å². The predicted molar refractivity (Wildman–Crippen MR) is 182 cm³/mol. The monoisotopic (exact) mass is 564 g/mol. The average molecular weight is 565 g/mol. The molecule has 0 fully saturated rings. The SMILES string of the molecule is C1=Cc2c(oc3c2ccc2c4cccc(-c5cccc(-c6ccccc6)c5)c4oc23)C(c2cccc(-c3ccccc3)c2)C1. The Hall–Kier alpha value is -5.60. The first-order valence-electron chi connectivity index (χ1n) is 15.2. The summed E-state index contributed by atoms with van der Waals surface area (Å²) in [4.78, 5) is 0. The summed E-state index contributed by atoms with van der Waals surface area (Å²) in [5.74, 6) is 1.15. The molecule has 8 aromatic rings. The zero-order valence-electron chi connectivity index (χ0n) is 24.0. The molecule has 208 valence electrons. The van der Waals surface area contributed by atoms with Crippen molar-refractivity contribution in [3.63, 3.8) is 0 Å². The lowest BCUT2D eigenvalue weighted by Crippen LogP contribution is -2.03. The van der Waals surface area contributed by atoms with Crippen molar-refractivity contribution in [2.75, 3.05) is 0 Å². The molecule has 2 heterocycles. The molecule has 6 aromatic carbocycles. The van der Waals surface area contributed by atoms with Crippen LogP contribution in [0.25, 0.3) is 72.4 Å². The average Bonchev–Trinajstić information content (AvgIpc) is 3.68. The topological polar surface area (TPSA) is 26.3 Å². The lowest BCUT2D eigenvalue weighted by molar-refractivity contribution is 0.513. The first kappa shape index (κ1) is 24.9. The minimum Gasteiger partial charge on any atom is -0.456 e. The van der Waals surface area contributed by atoms with Gasteiger partial charge in [0, 0.05) is 33.2 Å². The van der Waals surface area contributed by atoms with Gasteiger partial charge in [-0.1, -0.05) is 133 Å². The Bertz CT molecular complexity index is 2350. The summed E-state index contributed by atoms with van der Waals surface area (Å²) in [7, 11) is 0. The van der Waals surface area contributed by atoms with Crippen LogP contribution >= 0.6 is 0 Å². The van der Waals surface area contributed by atoms with E-state index in [9.17, 15) is 0 Å². The van der Waals surface area contributed by atoms with Crippen LogP contribution in [0.1, 0.15) is 29.2 Å². The largest absolute Gasteiger partial charge is 0.456 e. The molecular formula is C42H28O2. The Morgan fingerprint density at radius 1 is 0.455 bits per heavy atom. The van der Waals surface area contributed by atoms with Gasteiger partial charge in [0.1, 0.15) is 11.3 Å². The molecule has 0 bridgehead atoms.